The van der Waals surface area contributed by atoms with Gasteiger partial charge in [0.15, 0.2) is 0 Å². The average molecular weight is 271 g/mol. The van der Waals surface area contributed by atoms with Gasteiger partial charge >= 0.3 is 6.03 Å². The van der Waals surface area contributed by atoms with Crippen molar-refractivity contribution in [2.45, 2.75) is 32.7 Å². The van der Waals surface area contributed by atoms with Crippen molar-refractivity contribution in [2.75, 3.05) is 11.9 Å². The molecule has 0 aliphatic carbocycles. The van der Waals surface area contributed by atoms with Crippen LogP contribution in [0.25, 0.3) is 0 Å². The van der Waals surface area contributed by atoms with Crippen molar-refractivity contribution in [3.05, 3.63) is 28.8 Å². The van der Waals surface area contributed by atoms with E-state index in [2.05, 4.69) is 10.6 Å². The molecule has 1 aromatic rings. The van der Waals surface area contributed by atoms with Gasteiger partial charge in [0, 0.05) is 12.1 Å². The van der Waals surface area contributed by atoms with Gasteiger partial charge in [-0.05, 0) is 44.9 Å². The lowest BCUT2D eigenvalue weighted by atomic mass is 10.0. The van der Waals surface area contributed by atoms with Crippen molar-refractivity contribution < 1.29 is 9.90 Å². The minimum absolute atomic E-state index is 0.0264. The van der Waals surface area contributed by atoms with E-state index in [0.29, 0.717) is 17.1 Å². The molecule has 100 valence electrons. The summed E-state index contributed by atoms with van der Waals surface area (Å²) in [6.45, 7) is 5.65. The van der Waals surface area contributed by atoms with Gasteiger partial charge < -0.3 is 15.7 Å². The Balaban J connectivity index is 2.65. The number of nitrogens with one attached hydrogen (secondary N) is 2. The van der Waals surface area contributed by atoms with Crippen LogP contribution in [0.2, 0.25) is 5.02 Å². The molecule has 0 saturated carbocycles. The first kappa shape index (κ1) is 14.8. The topological polar surface area (TPSA) is 61.4 Å². The van der Waals surface area contributed by atoms with Gasteiger partial charge in [-0.15, -0.1) is 0 Å². The molecule has 1 aromatic carbocycles. The molecule has 0 aromatic heterocycles. The highest BCUT2D eigenvalue weighted by atomic mass is 35.5. The molecule has 4 nitrogen and oxygen atoms in total. The minimum atomic E-state index is -0.462. The molecule has 0 aliphatic rings. The molecule has 0 aliphatic heterocycles. The number of hydrogen-bond donors (Lipinski definition) is 3. The molecule has 2 amide bonds. The van der Waals surface area contributed by atoms with Crippen LogP contribution in [0, 0.1) is 6.92 Å². The molecule has 0 radical (unpaired) electrons. The Hall–Kier alpha value is -1.26. The van der Waals surface area contributed by atoms with Crippen molar-refractivity contribution in [3.63, 3.8) is 0 Å². The van der Waals surface area contributed by atoms with Crippen LogP contribution in [0.1, 0.15) is 25.8 Å². The fourth-order valence-corrected chi connectivity index (χ4v) is 1.81. The Morgan fingerprint density at radius 1 is 1.44 bits per heavy atom. The van der Waals surface area contributed by atoms with Crippen LogP contribution < -0.4 is 10.6 Å². The van der Waals surface area contributed by atoms with Gasteiger partial charge in [0.25, 0.3) is 0 Å². The predicted octanol–water partition coefficient (Wildman–Crippen LogP) is 2.93. The van der Waals surface area contributed by atoms with Gasteiger partial charge in [-0.25, -0.2) is 4.79 Å². The lowest BCUT2D eigenvalue weighted by molar-refractivity contribution is 0.218. The largest absolute Gasteiger partial charge is 0.396 e. The van der Waals surface area contributed by atoms with Gasteiger partial charge in [0.1, 0.15) is 0 Å². The first-order chi connectivity index (χ1) is 8.34. The summed E-state index contributed by atoms with van der Waals surface area (Å²) in [5.74, 6) is 0. The lowest BCUT2D eigenvalue weighted by Crippen LogP contribution is -2.46. The zero-order valence-corrected chi connectivity index (χ0v) is 11.6. The van der Waals surface area contributed by atoms with Crippen LogP contribution >= 0.6 is 11.6 Å². The van der Waals surface area contributed by atoms with E-state index in [-0.39, 0.29) is 12.6 Å². The Bertz CT molecular complexity index is 433. The van der Waals surface area contributed by atoms with Crippen LogP contribution in [0.3, 0.4) is 0 Å². The van der Waals surface area contributed by atoms with Gasteiger partial charge in [0.2, 0.25) is 0 Å². The van der Waals surface area contributed by atoms with Gasteiger partial charge in [-0.2, -0.15) is 0 Å². The highest BCUT2D eigenvalue weighted by molar-refractivity contribution is 6.33. The molecular weight excluding hydrogens is 252 g/mol. The molecular formula is C13H19ClN2O2. The third kappa shape index (κ3) is 4.55. The van der Waals surface area contributed by atoms with Crippen LogP contribution in [0.5, 0.6) is 0 Å². The van der Waals surface area contributed by atoms with E-state index in [9.17, 15) is 4.79 Å². The summed E-state index contributed by atoms with van der Waals surface area (Å²) >= 11 is 6.02. The number of carbonyl (C=O) groups is 1. The number of carbonyl (C=O) groups excluding carboxylic acids is 1. The first-order valence-corrected chi connectivity index (χ1v) is 6.18. The second-order valence-electron chi connectivity index (χ2n) is 4.92. The zero-order valence-electron chi connectivity index (χ0n) is 10.9. The Morgan fingerprint density at radius 3 is 2.67 bits per heavy atom. The molecule has 18 heavy (non-hydrogen) atoms. The number of aliphatic hydroxyl groups is 1. The molecule has 5 heteroatoms. The zero-order chi connectivity index (χ0) is 13.8. The van der Waals surface area contributed by atoms with Gasteiger partial charge in [0.05, 0.1) is 10.7 Å². The molecule has 0 unspecified atom stereocenters. The van der Waals surface area contributed by atoms with E-state index >= 15 is 0 Å². The van der Waals surface area contributed by atoms with Crippen molar-refractivity contribution >= 4 is 23.3 Å². The maximum atomic E-state index is 11.8. The standard InChI is InChI=1S/C13H19ClN2O2/c1-9-4-5-11(10(14)8-9)15-12(18)16-13(2,3)6-7-17/h4-5,8,17H,6-7H2,1-3H3,(H2,15,16,18). The first-order valence-electron chi connectivity index (χ1n) is 5.80. The summed E-state index contributed by atoms with van der Waals surface area (Å²) in [4.78, 5) is 11.8. The Labute approximate surface area is 112 Å². The smallest absolute Gasteiger partial charge is 0.319 e. The fourth-order valence-electron chi connectivity index (χ4n) is 1.52. The van der Waals surface area contributed by atoms with Crippen LogP contribution in [0.15, 0.2) is 18.2 Å². The quantitative estimate of drug-likeness (QED) is 0.788. The van der Waals surface area contributed by atoms with E-state index in [4.69, 9.17) is 16.7 Å². The number of hydrogen-bond acceptors (Lipinski definition) is 2. The third-order valence-corrected chi connectivity index (χ3v) is 2.87. The number of benzene rings is 1. The van der Waals surface area contributed by atoms with Crippen LogP contribution in [-0.2, 0) is 0 Å². The molecule has 1 rings (SSSR count). The highest BCUT2D eigenvalue weighted by Gasteiger charge is 2.19. The monoisotopic (exact) mass is 270 g/mol. The molecule has 0 spiro atoms. The lowest BCUT2D eigenvalue weighted by Gasteiger charge is -2.25. The molecule has 0 fully saturated rings. The Morgan fingerprint density at radius 2 is 2.11 bits per heavy atom. The summed E-state index contributed by atoms with van der Waals surface area (Å²) < 4.78 is 0. The van der Waals surface area contributed by atoms with E-state index in [0.717, 1.165) is 5.56 Å². The minimum Gasteiger partial charge on any atom is -0.396 e. The SMILES string of the molecule is Cc1ccc(NC(=O)NC(C)(C)CCO)c(Cl)c1. The number of halogens is 1. The second kappa shape index (κ2) is 6.07. The number of urea groups is 1. The average Bonchev–Trinajstić information content (AvgIpc) is 2.21. The normalized spacial score (nSPS) is 11.2. The van der Waals surface area contributed by atoms with Crippen LogP contribution in [-0.4, -0.2) is 23.3 Å². The van der Waals surface area contributed by atoms with Crippen molar-refractivity contribution in [1.82, 2.24) is 5.32 Å². The molecule has 0 saturated heterocycles. The van der Waals surface area contributed by atoms with Crippen LogP contribution in [0.4, 0.5) is 10.5 Å². The number of aliphatic hydroxyl groups excluding tert-OH is 1. The summed E-state index contributed by atoms with van der Waals surface area (Å²) in [5, 5.41) is 14.9. The summed E-state index contributed by atoms with van der Waals surface area (Å²) in [6, 6.07) is 5.09. The molecule has 0 bridgehead atoms. The third-order valence-electron chi connectivity index (χ3n) is 2.56. The summed E-state index contributed by atoms with van der Waals surface area (Å²) in [6.07, 6.45) is 0.488. The van der Waals surface area contributed by atoms with Crippen molar-refractivity contribution in [1.29, 1.82) is 0 Å². The summed E-state index contributed by atoms with van der Waals surface area (Å²) in [5.41, 5.74) is 1.14. The molecule has 0 atom stereocenters. The van der Waals surface area contributed by atoms with E-state index in [1.165, 1.54) is 0 Å². The Kier molecular flexibility index (Phi) is 4.99. The summed E-state index contributed by atoms with van der Waals surface area (Å²) in [7, 11) is 0. The fraction of sp³-hybridized carbons (Fsp3) is 0.462. The van der Waals surface area contributed by atoms with Crippen molar-refractivity contribution in [2.24, 2.45) is 0 Å². The molecule has 3 N–H and O–H groups in total. The highest BCUT2D eigenvalue weighted by Crippen LogP contribution is 2.22. The predicted molar refractivity (Wildman–Crippen MR) is 74.1 cm³/mol. The number of amides is 2. The van der Waals surface area contributed by atoms with Gasteiger partial charge in [-0.1, -0.05) is 17.7 Å². The van der Waals surface area contributed by atoms with Gasteiger partial charge in [-0.3, -0.25) is 0 Å². The number of aryl methyl sites for hydroxylation is 1. The molecule has 0 heterocycles. The van der Waals surface area contributed by atoms with E-state index < -0.39 is 5.54 Å². The number of anilines is 1. The second-order valence-corrected chi connectivity index (χ2v) is 5.33. The maximum Gasteiger partial charge on any atom is 0.319 e. The van der Waals surface area contributed by atoms with E-state index in [1.54, 1.807) is 12.1 Å². The number of rotatable bonds is 4. The van der Waals surface area contributed by atoms with E-state index in [1.807, 2.05) is 26.8 Å². The maximum absolute atomic E-state index is 11.8. The van der Waals surface area contributed by atoms with Crippen molar-refractivity contribution in [3.8, 4) is 0 Å².